The van der Waals surface area contributed by atoms with E-state index < -0.39 is 0 Å². The van der Waals surface area contributed by atoms with Gasteiger partial charge in [-0.25, -0.2) is 0 Å². The molecular formula is C26H42N-. The number of hydrogen-bond donors (Lipinski definition) is 0. The molecule has 0 radical (unpaired) electrons. The van der Waals surface area contributed by atoms with Crippen molar-refractivity contribution in [1.29, 1.82) is 0 Å². The zero-order valence-electron chi connectivity index (χ0n) is 18.3. The van der Waals surface area contributed by atoms with Crippen molar-refractivity contribution in [3.8, 4) is 0 Å². The van der Waals surface area contributed by atoms with Crippen molar-refractivity contribution in [2.24, 2.45) is 40.0 Å². The van der Waals surface area contributed by atoms with Gasteiger partial charge >= 0.3 is 0 Å². The number of nitrogens with zero attached hydrogens (tertiary/aromatic N) is 1. The summed E-state index contributed by atoms with van der Waals surface area (Å²) in [6.07, 6.45) is 20.4. The SMILES string of the molecule is C=C1C=NC(CCC(CC)CC(C2CCCC2)C2(C)CC2C)=CC(CC)[CH-]1. The Bertz CT molecular complexity index is 565. The lowest BCUT2D eigenvalue weighted by Crippen LogP contribution is -2.25. The predicted molar refractivity (Wildman–Crippen MR) is 119 cm³/mol. The van der Waals surface area contributed by atoms with Crippen LogP contribution in [0.4, 0.5) is 0 Å². The smallest absolute Gasteiger partial charge is 0.0209 e. The van der Waals surface area contributed by atoms with E-state index in [2.05, 4.69) is 46.8 Å². The van der Waals surface area contributed by atoms with E-state index in [4.69, 9.17) is 4.99 Å². The summed E-state index contributed by atoms with van der Waals surface area (Å²) >= 11 is 0. The Labute approximate surface area is 168 Å². The molecule has 0 N–H and O–H groups in total. The standard InChI is InChI=1S/C26H42N/c1-6-21(12-13-24-15-22(7-2)14-19(3)18-27-24)16-25(23-10-8-9-11-23)26(5)17-20(26)4/h14-15,18,20-23,25H,3,6-13,16-17H2,1-2,4-5H3/q-1. The highest BCUT2D eigenvalue weighted by Gasteiger charge is 2.54. The summed E-state index contributed by atoms with van der Waals surface area (Å²) in [6.45, 7) is 13.9. The normalized spacial score (nSPS) is 33.3. The minimum absolute atomic E-state index is 0.507. The van der Waals surface area contributed by atoms with Crippen molar-refractivity contribution >= 4 is 6.21 Å². The summed E-state index contributed by atoms with van der Waals surface area (Å²) in [5.41, 5.74) is 3.00. The fourth-order valence-electron chi connectivity index (χ4n) is 5.88. The third-order valence-electron chi connectivity index (χ3n) is 8.20. The first-order valence-electron chi connectivity index (χ1n) is 11.7. The summed E-state index contributed by atoms with van der Waals surface area (Å²) in [5.74, 6) is 4.27. The molecule has 1 nitrogen and oxygen atoms in total. The number of rotatable bonds is 9. The Morgan fingerprint density at radius 1 is 1.30 bits per heavy atom. The van der Waals surface area contributed by atoms with Crippen LogP contribution in [0, 0.1) is 41.4 Å². The van der Waals surface area contributed by atoms with Crippen molar-refractivity contribution in [3.05, 3.63) is 30.3 Å². The summed E-state index contributed by atoms with van der Waals surface area (Å²) < 4.78 is 0. The van der Waals surface area contributed by atoms with Crippen LogP contribution in [0.2, 0.25) is 0 Å². The summed E-state index contributed by atoms with van der Waals surface area (Å²) in [5, 5.41) is 0. The molecule has 0 aromatic heterocycles. The topological polar surface area (TPSA) is 12.4 Å². The van der Waals surface area contributed by atoms with Gasteiger partial charge < -0.3 is 4.99 Å². The highest BCUT2D eigenvalue weighted by molar-refractivity contribution is 5.81. The van der Waals surface area contributed by atoms with Crippen LogP contribution in [0.15, 0.2) is 28.9 Å². The first-order chi connectivity index (χ1) is 13.0. The molecule has 0 spiro atoms. The molecule has 0 saturated heterocycles. The van der Waals surface area contributed by atoms with Gasteiger partial charge in [-0.1, -0.05) is 78.5 Å². The second-order valence-electron chi connectivity index (χ2n) is 10.0. The van der Waals surface area contributed by atoms with Crippen LogP contribution in [-0.2, 0) is 0 Å². The molecule has 1 heterocycles. The van der Waals surface area contributed by atoms with Crippen molar-refractivity contribution in [2.75, 3.05) is 0 Å². The Balaban J connectivity index is 1.61. The highest BCUT2D eigenvalue weighted by atomic mass is 14.7. The summed E-state index contributed by atoms with van der Waals surface area (Å²) in [4.78, 5) is 4.74. The number of allylic oxidation sites excluding steroid dienone is 3. The van der Waals surface area contributed by atoms with E-state index in [-0.39, 0.29) is 0 Å². The van der Waals surface area contributed by atoms with E-state index in [1.165, 1.54) is 57.1 Å². The summed E-state index contributed by atoms with van der Waals surface area (Å²) in [6, 6.07) is 0. The molecule has 2 fully saturated rings. The largest absolute Gasteiger partial charge is 0.325 e. The van der Waals surface area contributed by atoms with E-state index in [1.54, 1.807) is 0 Å². The molecule has 2 saturated carbocycles. The van der Waals surface area contributed by atoms with E-state index in [1.807, 2.05) is 6.21 Å². The molecule has 0 aromatic rings. The first-order valence-corrected chi connectivity index (χ1v) is 11.7. The molecule has 1 heteroatoms. The van der Waals surface area contributed by atoms with E-state index in [9.17, 15) is 0 Å². The monoisotopic (exact) mass is 368 g/mol. The fraction of sp³-hybridized carbons (Fsp3) is 0.769. The van der Waals surface area contributed by atoms with E-state index in [0.29, 0.717) is 11.3 Å². The molecule has 2 aliphatic carbocycles. The van der Waals surface area contributed by atoms with Crippen LogP contribution in [-0.4, -0.2) is 6.21 Å². The zero-order valence-corrected chi connectivity index (χ0v) is 18.3. The Morgan fingerprint density at radius 3 is 2.59 bits per heavy atom. The Kier molecular flexibility index (Phi) is 6.93. The van der Waals surface area contributed by atoms with Gasteiger partial charge in [0.05, 0.1) is 0 Å². The highest BCUT2D eigenvalue weighted by Crippen LogP contribution is 2.62. The molecule has 27 heavy (non-hydrogen) atoms. The van der Waals surface area contributed by atoms with Gasteiger partial charge in [0.1, 0.15) is 0 Å². The number of aliphatic imine (C=N–C) groups is 1. The third kappa shape index (κ3) is 5.09. The van der Waals surface area contributed by atoms with Crippen LogP contribution < -0.4 is 0 Å². The van der Waals surface area contributed by atoms with Crippen molar-refractivity contribution in [2.45, 2.75) is 91.9 Å². The van der Waals surface area contributed by atoms with Gasteiger partial charge in [0.15, 0.2) is 0 Å². The molecule has 0 amide bonds. The van der Waals surface area contributed by atoms with Gasteiger partial charge in [0, 0.05) is 5.70 Å². The van der Waals surface area contributed by atoms with Gasteiger partial charge in [-0.05, 0) is 60.7 Å². The predicted octanol–water partition coefficient (Wildman–Crippen LogP) is 7.79. The van der Waals surface area contributed by atoms with Gasteiger partial charge in [-0.15, -0.1) is 0 Å². The molecule has 1 aliphatic heterocycles. The minimum Gasteiger partial charge on any atom is -0.325 e. The fourth-order valence-corrected chi connectivity index (χ4v) is 5.88. The lowest BCUT2D eigenvalue weighted by molar-refractivity contribution is 0.161. The maximum atomic E-state index is 4.74. The molecule has 3 rings (SSSR count). The van der Waals surface area contributed by atoms with Crippen molar-refractivity contribution in [1.82, 2.24) is 0 Å². The minimum atomic E-state index is 0.507. The average Bonchev–Trinajstić information content (AvgIpc) is 3.05. The maximum absolute atomic E-state index is 4.74. The molecule has 0 aromatic carbocycles. The number of hydrogen-bond acceptors (Lipinski definition) is 1. The van der Waals surface area contributed by atoms with Crippen LogP contribution in [0.5, 0.6) is 0 Å². The Hall–Kier alpha value is -0.980. The van der Waals surface area contributed by atoms with E-state index >= 15 is 0 Å². The van der Waals surface area contributed by atoms with E-state index in [0.717, 1.165) is 42.1 Å². The van der Waals surface area contributed by atoms with Crippen molar-refractivity contribution < 1.29 is 0 Å². The van der Waals surface area contributed by atoms with Gasteiger partial charge in [-0.3, -0.25) is 0 Å². The van der Waals surface area contributed by atoms with Crippen LogP contribution >= 0.6 is 0 Å². The molecule has 152 valence electrons. The van der Waals surface area contributed by atoms with Crippen molar-refractivity contribution in [3.63, 3.8) is 0 Å². The van der Waals surface area contributed by atoms with Gasteiger partial charge in [0.2, 0.25) is 0 Å². The van der Waals surface area contributed by atoms with Crippen LogP contribution in [0.3, 0.4) is 0 Å². The van der Waals surface area contributed by atoms with Gasteiger partial charge in [-0.2, -0.15) is 18.6 Å². The van der Waals surface area contributed by atoms with Gasteiger partial charge in [0.25, 0.3) is 0 Å². The van der Waals surface area contributed by atoms with Crippen LogP contribution in [0.25, 0.3) is 0 Å². The lowest BCUT2D eigenvalue weighted by atomic mass is 9.72. The zero-order chi connectivity index (χ0) is 19.4. The van der Waals surface area contributed by atoms with Crippen LogP contribution in [0.1, 0.15) is 91.9 Å². The first kappa shape index (κ1) is 20.7. The molecule has 0 bridgehead atoms. The molecule has 3 aliphatic rings. The summed E-state index contributed by atoms with van der Waals surface area (Å²) in [7, 11) is 0. The molecule has 5 unspecified atom stereocenters. The Morgan fingerprint density at radius 2 is 2.00 bits per heavy atom. The molecular weight excluding hydrogens is 326 g/mol. The second-order valence-corrected chi connectivity index (χ2v) is 10.0. The molecule has 5 atom stereocenters. The lowest BCUT2D eigenvalue weighted by Gasteiger charge is -2.33. The second kappa shape index (κ2) is 9.01. The maximum Gasteiger partial charge on any atom is 0.0209 e. The third-order valence-corrected chi connectivity index (χ3v) is 8.20. The quantitative estimate of drug-likeness (QED) is 0.368. The average molecular weight is 369 g/mol.